The van der Waals surface area contributed by atoms with Gasteiger partial charge >= 0.3 is 5.97 Å². The Morgan fingerprint density at radius 1 is 1.59 bits per heavy atom. The van der Waals surface area contributed by atoms with Crippen LogP contribution in [0.5, 0.6) is 0 Å². The van der Waals surface area contributed by atoms with Gasteiger partial charge in [-0.2, -0.15) is 10.4 Å². The van der Waals surface area contributed by atoms with Gasteiger partial charge in [0.05, 0.1) is 28.6 Å². The normalized spacial score (nSPS) is 12.4. The molecule has 118 valence electrons. The van der Waals surface area contributed by atoms with Gasteiger partial charge in [-0.05, 0) is 26.3 Å². The van der Waals surface area contributed by atoms with Gasteiger partial charge in [-0.15, -0.1) is 0 Å². The van der Waals surface area contributed by atoms with Crippen LogP contribution >= 0.6 is 23.2 Å². The summed E-state index contributed by atoms with van der Waals surface area (Å²) < 4.78 is 5.00. The lowest BCUT2D eigenvalue weighted by atomic mass is 9.99. The number of hydrogen-bond acceptors (Lipinski definition) is 6. The highest BCUT2D eigenvalue weighted by Gasteiger charge is 2.23. The smallest absolute Gasteiger partial charge is 0.314 e. The number of nitrogens with zero attached hydrogens (tertiary/aromatic N) is 3. The van der Waals surface area contributed by atoms with Gasteiger partial charge in [0, 0.05) is 18.3 Å². The maximum absolute atomic E-state index is 11.9. The van der Waals surface area contributed by atoms with E-state index in [0.717, 1.165) is 0 Å². The quantitative estimate of drug-likeness (QED) is 0.464. The first-order valence-electron chi connectivity index (χ1n) is 6.64. The summed E-state index contributed by atoms with van der Waals surface area (Å²) in [6, 6.07) is 3.54. The summed E-state index contributed by atoms with van der Waals surface area (Å²) in [6.07, 6.45) is 2.00. The van der Waals surface area contributed by atoms with E-state index in [0.29, 0.717) is 28.0 Å². The van der Waals surface area contributed by atoms with Crippen molar-refractivity contribution in [1.82, 2.24) is 4.98 Å². The van der Waals surface area contributed by atoms with Crippen molar-refractivity contribution in [2.75, 3.05) is 12.0 Å². The van der Waals surface area contributed by atoms with E-state index < -0.39 is 11.9 Å². The van der Waals surface area contributed by atoms with Crippen LogP contribution in [0.1, 0.15) is 26.7 Å². The molecule has 0 amide bonds. The van der Waals surface area contributed by atoms with E-state index in [1.54, 1.807) is 13.8 Å². The Balaban J connectivity index is 2.85. The summed E-state index contributed by atoms with van der Waals surface area (Å²) in [5, 5.41) is 13.5. The summed E-state index contributed by atoms with van der Waals surface area (Å²) in [4.78, 5) is 15.9. The lowest BCUT2D eigenvalue weighted by Gasteiger charge is -2.14. The van der Waals surface area contributed by atoms with Crippen LogP contribution < -0.4 is 5.43 Å². The Morgan fingerprint density at radius 3 is 2.91 bits per heavy atom. The zero-order valence-corrected chi connectivity index (χ0v) is 13.8. The summed E-state index contributed by atoms with van der Waals surface area (Å²) >= 11 is 11.7. The third-order valence-corrected chi connectivity index (χ3v) is 3.26. The summed E-state index contributed by atoms with van der Waals surface area (Å²) in [5.41, 5.74) is 3.18. The van der Waals surface area contributed by atoms with Crippen LogP contribution in [0.15, 0.2) is 17.4 Å². The number of nitriles is 1. The van der Waals surface area contributed by atoms with Gasteiger partial charge < -0.3 is 4.74 Å². The van der Waals surface area contributed by atoms with Crippen LogP contribution in [-0.4, -0.2) is 23.3 Å². The van der Waals surface area contributed by atoms with E-state index in [1.165, 1.54) is 12.3 Å². The number of carbonyl (C=O) groups excluding carboxylic acids is 1. The number of esters is 1. The first-order valence-corrected chi connectivity index (χ1v) is 7.40. The van der Waals surface area contributed by atoms with E-state index >= 15 is 0 Å². The van der Waals surface area contributed by atoms with Crippen LogP contribution in [0.2, 0.25) is 10.0 Å². The molecule has 0 radical (unpaired) electrons. The van der Waals surface area contributed by atoms with Crippen molar-refractivity contribution in [2.24, 2.45) is 11.0 Å². The van der Waals surface area contributed by atoms with Gasteiger partial charge in [0.15, 0.2) is 5.82 Å². The first kappa shape index (κ1) is 18.2. The molecule has 0 aliphatic heterocycles. The molecule has 0 aromatic carbocycles. The average molecular weight is 343 g/mol. The van der Waals surface area contributed by atoms with E-state index in [1.807, 2.05) is 6.07 Å². The molecule has 0 aliphatic rings. The molecule has 1 heterocycles. The number of anilines is 1. The van der Waals surface area contributed by atoms with Crippen molar-refractivity contribution < 1.29 is 9.53 Å². The van der Waals surface area contributed by atoms with Crippen LogP contribution in [0.4, 0.5) is 5.82 Å². The molecular weight excluding hydrogens is 327 g/mol. The van der Waals surface area contributed by atoms with Gasteiger partial charge in [-0.3, -0.25) is 10.2 Å². The third-order valence-electron chi connectivity index (χ3n) is 2.77. The van der Waals surface area contributed by atoms with Gasteiger partial charge in [0.25, 0.3) is 0 Å². The molecular formula is C14H16Cl2N4O2. The standard InChI is InChI=1S/C14H16Cl2N4O2/c1-3-22-14(21)11(5-4-6-17)9(2)19-20-13-12(16)7-10(15)8-18-13/h7-8,11H,3-5H2,1-2H3,(H,18,20)/b19-9+. The molecule has 0 aliphatic carbocycles. The highest BCUT2D eigenvalue weighted by atomic mass is 35.5. The van der Waals surface area contributed by atoms with Crippen molar-refractivity contribution >= 4 is 40.7 Å². The van der Waals surface area contributed by atoms with Crippen molar-refractivity contribution in [3.63, 3.8) is 0 Å². The Kier molecular flexibility index (Phi) is 7.64. The lowest BCUT2D eigenvalue weighted by molar-refractivity contribution is -0.145. The summed E-state index contributed by atoms with van der Waals surface area (Å²) in [5.74, 6) is -0.664. The molecule has 0 saturated carbocycles. The molecule has 1 unspecified atom stereocenters. The average Bonchev–Trinajstić information content (AvgIpc) is 2.47. The Morgan fingerprint density at radius 2 is 2.32 bits per heavy atom. The second-order valence-corrected chi connectivity index (χ2v) is 5.19. The summed E-state index contributed by atoms with van der Waals surface area (Å²) in [7, 11) is 0. The van der Waals surface area contributed by atoms with Gasteiger partial charge in [-0.1, -0.05) is 23.2 Å². The number of pyridine rings is 1. The molecule has 1 rings (SSSR count). The topological polar surface area (TPSA) is 87.4 Å². The molecule has 0 spiro atoms. The Hall–Kier alpha value is -1.84. The van der Waals surface area contributed by atoms with Crippen LogP contribution in [0, 0.1) is 17.2 Å². The number of aromatic nitrogens is 1. The summed E-state index contributed by atoms with van der Waals surface area (Å²) in [6.45, 7) is 3.67. The van der Waals surface area contributed by atoms with Gasteiger partial charge in [-0.25, -0.2) is 4.98 Å². The number of ether oxygens (including phenoxy) is 1. The van der Waals surface area contributed by atoms with Gasteiger partial charge in [0.2, 0.25) is 0 Å². The Bertz CT molecular complexity index is 599. The van der Waals surface area contributed by atoms with Crippen LogP contribution in [0.25, 0.3) is 0 Å². The molecule has 1 aromatic rings. The third kappa shape index (κ3) is 5.51. The molecule has 8 heteroatoms. The minimum Gasteiger partial charge on any atom is -0.465 e. The fourth-order valence-electron chi connectivity index (χ4n) is 1.66. The highest BCUT2D eigenvalue weighted by Crippen LogP contribution is 2.22. The zero-order chi connectivity index (χ0) is 16.5. The van der Waals surface area contributed by atoms with E-state index in [-0.39, 0.29) is 13.0 Å². The van der Waals surface area contributed by atoms with E-state index in [2.05, 4.69) is 15.5 Å². The second kappa shape index (κ2) is 9.23. The number of carbonyl (C=O) groups is 1. The maximum Gasteiger partial charge on any atom is 0.314 e. The molecule has 0 saturated heterocycles. The van der Waals surface area contributed by atoms with Crippen molar-refractivity contribution in [2.45, 2.75) is 26.7 Å². The first-order chi connectivity index (χ1) is 10.5. The van der Waals surface area contributed by atoms with Crippen LogP contribution in [0.3, 0.4) is 0 Å². The van der Waals surface area contributed by atoms with Gasteiger partial charge in [0.1, 0.15) is 0 Å². The number of hydrazone groups is 1. The second-order valence-electron chi connectivity index (χ2n) is 4.35. The fraction of sp³-hybridized carbons (Fsp3) is 0.429. The predicted molar refractivity (Wildman–Crippen MR) is 86.0 cm³/mol. The molecule has 1 N–H and O–H groups in total. The molecule has 0 fully saturated rings. The van der Waals surface area contributed by atoms with Crippen molar-refractivity contribution in [3.8, 4) is 6.07 Å². The molecule has 0 bridgehead atoms. The minimum absolute atomic E-state index is 0.232. The van der Waals surface area contributed by atoms with Crippen molar-refractivity contribution in [1.29, 1.82) is 5.26 Å². The zero-order valence-electron chi connectivity index (χ0n) is 12.3. The highest BCUT2D eigenvalue weighted by molar-refractivity contribution is 6.35. The lowest BCUT2D eigenvalue weighted by Crippen LogP contribution is -2.25. The van der Waals surface area contributed by atoms with Crippen LogP contribution in [-0.2, 0) is 9.53 Å². The molecule has 1 aromatic heterocycles. The SMILES string of the molecule is CCOC(=O)C(CCC#N)/C(C)=N/Nc1ncc(Cl)cc1Cl. The van der Waals surface area contributed by atoms with Crippen molar-refractivity contribution in [3.05, 3.63) is 22.3 Å². The largest absolute Gasteiger partial charge is 0.465 e. The number of rotatable bonds is 7. The molecule has 1 atom stereocenters. The maximum atomic E-state index is 11.9. The molecule has 6 nitrogen and oxygen atoms in total. The minimum atomic E-state index is -0.585. The predicted octanol–water partition coefficient (Wildman–Crippen LogP) is 3.66. The van der Waals surface area contributed by atoms with E-state index in [4.69, 9.17) is 33.2 Å². The number of hydrogen-bond donors (Lipinski definition) is 1. The van der Waals surface area contributed by atoms with E-state index in [9.17, 15) is 4.79 Å². The monoisotopic (exact) mass is 342 g/mol. The number of halogens is 2. The number of nitrogens with one attached hydrogen (secondary N) is 1. The fourth-order valence-corrected chi connectivity index (χ4v) is 2.09. The Labute approximate surface area is 139 Å². The molecule has 22 heavy (non-hydrogen) atoms.